The fourth-order valence-corrected chi connectivity index (χ4v) is 5.03. The molecule has 2 aliphatic heterocycles. The maximum Gasteiger partial charge on any atom is 0.273 e. The van der Waals surface area contributed by atoms with Gasteiger partial charge in [-0.2, -0.15) is 0 Å². The standard InChI is InChI=1S/C23H31N3O4S/c1-18-24-21(16-31-18)22(28)26-12-15-30-23(17-26)7-9-25(10-8-23)11-14-29-20-4-2-19(3-5-20)6-13-27/h2-5,16,27H,6-15,17H2,1H3/p+1. The summed E-state index contributed by atoms with van der Waals surface area (Å²) in [4.78, 5) is 20.6. The van der Waals surface area contributed by atoms with Gasteiger partial charge in [-0.15, -0.1) is 11.3 Å². The van der Waals surface area contributed by atoms with Crippen LogP contribution < -0.4 is 9.64 Å². The lowest BCUT2D eigenvalue weighted by molar-refractivity contribution is -0.907. The average molecular weight is 447 g/mol. The zero-order chi connectivity index (χ0) is 21.7. The van der Waals surface area contributed by atoms with Crippen LogP contribution in [0.4, 0.5) is 0 Å². The third-order valence-electron chi connectivity index (χ3n) is 6.29. The van der Waals surface area contributed by atoms with E-state index in [0.717, 1.165) is 48.8 Å². The Kier molecular flexibility index (Phi) is 7.22. The summed E-state index contributed by atoms with van der Waals surface area (Å²) in [5, 5.41) is 11.8. The van der Waals surface area contributed by atoms with E-state index in [9.17, 15) is 4.79 Å². The van der Waals surface area contributed by atoms with Crippen molar-refractivity contribution >= 4 is 17.2 Å². The molecule has 2 aromatic rings. The summed E-state index contributed by atoms with van der Waals surface area (Å²) < 4.78 is 12.1. The Morgan fingerprint density at radius 1 is 1.32 bits per heavy atom. The van der Waals surface area contributed by atoms with Crippen molar-refractivity contribution in [2.45, 2.75) is 31.8 Å². The number of nitrogens with one attached hydrogen (secondary N) is 1. The Hall–Kier alpha value is -2.00. The van der Waals surface area contributed by atoms with Gasteiger partial charge < -0.3 is 24.4 Å². The van der Waals surface area contributed by atoms with Gasteiger partial charge in [-0.05, 0) is 31.0 Å². The van der Waals surface area contributed by atoms with Crippen molar-refractivity contribution < 1.29 is 24.3 Å². The van der Waals surface area contributed by atoms with Crippen LogP contribution in [0.15, 0.2) is 29.6 Å². The van der Waals surface area contributed by atoms with Crippen LogP contribution >= 0.6 is 11.3 Å². The number of benzene rings is 1. The molecule has 0 unspecified atom stereocenters. The molecular weight excluding hydrogens is 414 g/mol. The third-order valence-corrected chi connectivity index (χ3v) is 7.06. The molecule has 7 nitrogen and oxygen atoms in total. The number of amides is 1. The van der Waals surface area contributed by atoms with Crippen LogP contribution in [-0.4, -0.2) is 79.0 Å². The van der Waals surface area contributed by atoms with E-state index < -0.39 is 0 Å². The lowest BCUT2D eigenvalue weighted by Crippen LogP contribution is -3.14. The number of aliphatic hydroxyl groups excluding tert-OH is 1. The zero-order valence-corrected chi connectivity index (χ0v) is 19.0. The van der Waals surface area contributed by atoms with E-state index in [-0.39, 0.29) is 18.1 Å². The normalized spacial score (nSPS) is 23.8. The zero-order valence-electron chi connectivity index (χ0n) is 18.1. The molecule has 31 heavy (non-hydrogen) atoms. The lowest BCUT2D eigenvalue weighted by Gasteiger charge is -2.45. The Morgan fingerprint density at radius 3 is 2.77 bits per heavy atom. The van der Waals surface area contributed by atoms with Crippen LogP contribution in [0.25, 0.3) is 0 Å². The Labute approximate surface area is 187 Å². The molecule has 2 aliphatic rings. The summed E-state index contributed by atoms with van der Waals surface area (Å²) in [5.74, 6) is 0.900. The van der Waals surface area contributed by atoms with Crippen molar-refractivity contribution in [3.8, 4) is 5.75 Å². The van der Waals surface area contributed by atoms with Crippen LogP contribution in [0.2, 0.25) is 0 Å². The van der Waals surface area contributed by atoms with Gasteiger partial charge >= 0.3 is 0 Å². The van der Waals surface area contributed by atoms with Gasteiger partial charge in [0.25, 0.3) is 5.91 Å². The molecule has 2 saturated heterocycles. The topological polar surface area (TPSA) is 76.3 Å². The number of thiazole rings is 1. The van der Waals surface area contributed by atoms with Gasteiger partial charge in [0.2, 0.25) is 0 Å². The summed E-state index contributed by atoms with van der Waals surface area (Å²) in [6.07, 6.45) is 2.59. The average Bonchev–Trinajstić information content (AvgIpc) is 3.22. The van der Waals surface area contributed by atoms with E-state index in [1.54, 1.807) is 0 Å². The number of carbonyl (C=O) groups excluding carboxylic acids is 1. The fraction of sp³-hybridized carbons (Fsp3) is 0.565. The Balaban J connectivity index is 1.22. The van der Waals surface area contributed by atoms with Gasteiger partial charge in [-0.1, -0.05) is 12.1 Å². The highest BCUT2D eigenvalue weighted by molar-refractivity contribution is 7.09. The van der Waals surface area contributed by atoms with Crippen molar-refractivity contribution in [1.82, 2.24) is 9.88 Å². The molecule has 1 spiro atoms. The highest BCUT2D eigenvalue weighted by Gasteiger charge is 2.42. The quantitative estimate of drug-likeness (QED) is 0.663. The van der Waals surface area contributed by atoms with Crippen molar-refractivity contribution in [3.05, 3.63) is 45.9 Å². The summed E-state index contributed by atoms with van der Waals surface area (Å²) >= 11 is 1.52. The summed E-state index contributed by atoms with van der Waals surface area (Å²) in [6, 6.07) is 7.94. The number of aryl methyl sites for hydroxylation is 1. The van der Waals surface area contributed by atoms with E-state index in [0.29, 0.717) is 38.4 Å². The lowest BCUT2D eigenvalue weighted by atomic mass is 9.89. The highest BCUT2D eigenvalue weighted by atomic mass is 32.1. The molecule has 1 amide bonds. The monoisotopic (exact) mass is 446 g/mol. The number of aromatic nitrogens is 1. The van der Waals surface area contributed by atoms with E-state index in [2.05, 4.69) is 4.98 Å². The molecule has 2 N–H and O–H groups in total. The molecule has 2 fully saturated rings. The highest BCUT2D eigenvalue weighted by Crippen LogP contribution is 2.27. The Morgan fingerprint density at radius 2 is 2.10 bits per heavy atom. The summed E-state index contributed by atoms with van der Waals surface area (Å²) in [7, 11) is 0. The number of carbonyl (C=O) groups is 1. The predicted molar refractivity (Wildman–Crippen MR) is 119 cm³/mol. The van der Waals surface area contributed by atoms with E-state index in [4.69, 9.17) is 14.6 Å². The number of quaternary nitrogens is 1. The van der Waals surface area contributed by atoms with E-state index >= 15 is 0 Å². The summed E-state index contributed by atoms with van der Waals surface area (Å²) in [6.45, 7) is 7.67. The third kappa shape index (κ3) is 5.63. The maximum atomic E-state index is 12.8. The minimum Gasteiger partial charge on any atom is -0.488 e. The molecular formula is C23H32N3O4S+. The van der Waals surface area contributed by atoms with Gasteiger partial charge in [0.15, 0.2) is 0 Å². The summed E-state index contributed by atoms with van der Waals surface area (Å²) in [5.41, 5.74) is 1.46. The molecule has 0 atom stereocenters. The van der Waals surface area contributed by atoms with Crippen molar-refractivity contribution in [2.24, 2.45) is 0 Å². The van der Waals surface area contributed by atoms with E-state index in [1.165, 1.54) is 16.2 Å². The van der Waals surface area contributed by atoms with Crippen LogP contribution in [-0.2, 0) is 11.2 Å². The molecule has 1 aromatic heterocycles. The van der Waals surface area contributed by atoms with Crippen LogP contribution in [0, 0.1) is 6.92 Å². The van der Waals surface area contributed by atoms with Gasteiger partial charge in [0.05, 0.1) is 36.8 Å². The van der Waals surface area contributed by atoms with E-state index in [1.807, 2.05) is 41.5 Å². The van der Waals surface area contributed by atoms with Crippen molar-refractivity contribution in [1.29, 1.82) is 0 Å². The maximum absolute atomic E-state index is 12.8. The number of morpholine rings is 1. The minimum atomic E-state index is -0.216. The first-order valence-corrected chi connectivity index (χ1v) is 12.0. The molecule has 0 radical (unpaired) electrons. The molecule has 0 bridgehead atoms. The molecule has 1 aromatic carbocycles. The molecule has 4 rings (SSSR count). The molecule has 3 heterocycles. The number of rotatable bonds is 7. The number of aliphatic hydroxyl groups is 1. The second kappa shape index (κ2) is 10.1. The van der Waals surface area contributed by atoms with Gasteiger partial charge in [-0.25, -0.2) is 4.98 Å². The fourth-order valence-electron chi connectivity index (χ4n) is 4.45. The first-order chi connectivity index (χ1) is 15.1. The number of piperidine rings is 1. The number of hydrogen-bond acceptors (Lipinski definition) is 6. The van der Waals surface area contributed by atoms with Gasteiger partial charge in [0, 0.05) is 31.4 Å². The van der Waals surface area contributed by atoms with Crippen LogP contribution in [0.1, 0.15) is 33.9 Å². The molecule has 0 aliphatic carbocycles. The first-order valence-electron chi connectivity index (χ1n) is 11.1. The van der Waals surface area contributed by atoms with Crippen molar-refractivity contribution in [3.63, 3.8) is 0 Å². The second-order valence-electron chi connectivity index (χ2n) is 8.48. The second-order valence-corrected chi connectivity index (χ2v) is 9.54. The Bertz CT molecular complexity index is 862. The smallest absolute Gasteiger partial charge is 0.273 e. The SMILES string of the molecule is Cc1nc(C(=O)N2CCOC3(CC[NH+](CCOc4ccc(CCO)cc4)CC3)C2)cs1. The molecule has 0 saturated carbocycles. The van der Waals surface area contributed by atoms with Crippen LogP contribution in [0.5, 0.6) is 5.75 Å². The molecule has 168 valence electrons. The number of nitrogens with zero attached hydrogens (tertiary/aromatic N) is 2. The number of likely N-dealkylation sites (tertiary alicyclic amines) is 1. The number of hydrogen-bond donors (Lipinski definition) is 2. The largest absolute Gasteiger partial charge is 0.488 e. The number of ether oxygens (including phenoxy) is 2. The predicted octanol–water partition coefficient (Wildman–Crippen LogP) is 0.955. The van der Waals surface area contributed by atoms with Crippen molar-refractivity contribution in [2.75, 3.05) is 52.5 Å². The van der Waals surface area contributed by atoms with Gasteiger partial charge in [0.1, 0.15) is 24.6 Å². The molecule has 8 heteroatoms. The van der Waals surface area contributed by atoms with Gasteiger partial charge in [-0.3, -0.25) is 4.79 Å². The van der Waals surface area contributed by atoms with Crippen LogP contribution in [0.3, 0.4) is 0 Å². The minimum absolute atomic E-state index is 0.0280. The first kappa shape index (κ1) is 22.2.